The minimum atomic E-state index is -0.502. The third kappa shape index (κ3) is 7.91. The second-order valence-electron chi connectivity index (χ2n) is 5.66. The van der Waals surface area contributed by atoms with E-state index in [1.54, 1.807) is 0 Å². The number of aliphatic hydroxyl groups is 2. The van der Waals surface area contributed by atoms with E-state index in [-0.39, 0.29) is 6.04 Å². The molecule has 0 aromatic rings. The first-order chi connectivity index (χ1) is 9.08. The van der Waals surface area contributed by atoms with Crippen molar-refractivity contribution < 1.29 is 10.2 Å². The summed E-state index contributed by atoms with van der Waals surface area (Å²) in [4.78, 5) is 1.91. The standard InChI is InChI=1S/C16H35NO2/c1-5-8-10-12-15(18)17(14(4)7-3)16(19)13-11-9-6-2/h14-16,18-19H,5-13H2,1-4H3. The predicted molar refractivity (Wildman–Crippen MR) is 81.9 cm³/mol. The molecule has 0 rings (SSSR count). The van der Waals surface area contributed by atoms with E-state index in [0.29, 0.717) is 0 Å². The van der Waals surface area contributed by atoms with Gasteiger partial charge in [0, 0.05) is 6.04 Å². The molecule has 19 heavy (non-hydrogen) atoms. The number of hydrogen-bond acceptors (Lipinski definition) is 3. The van der Waals surface area contributed by atoms with Crippen LogP contribution < -0.4 is 0 Å². The van der Waals surface area contributed by atoms with Crippen LogP contribution in [0.2, 0.25) is 0 Å². The lowest BCUT2D eigenvalue weighted by molar-refractivity contribution is -0.129. The van der Waals surface area contributed by atoms with Crippen molar-refractivity contribution >= 4 is 0 Å². The molecule has 0 radical (unpaired) electrons. The molecule has 3 unspecified atom stereocenters. The summed E-state index contributed by atoms with van der Waals surface area (Å²) < 4.78 is 0. The molecule has 0 aromatic heterocycles. The van der Waals surface area contributed by atoms with Crippen molar-refractivity contribution in [3.8, 4) is 0 Å². The van der Waals surface area contributed by atoms with Gasteiger partial charge in [0.05, 0.1) is 0 Å². The summed E-state index contributed by atoms with van der Waals surface area (Å²) in [6.45, 7) is 8.53. The Kier molecular flexibility index (Phi) is 11.6. The van der Waals surface area contributed by atoms with E-state index in [2.05, 4.69) is 27.7 Å². The van der Waals surface area contributed by atoms with Gasteiger partial charge < -0.3 is 10.2 Å². The lowest BCUT2D eigenvalue weighted by Crippen LogP contribution is -2.48. The van der Waals surface area contributed by atoms with Crippen LogP contribution in [0.4, 0.5) is 0 Å². The van der Waals surface area contributed by atoms with Crippen molar-refractivity contribution in [2.45, 2.75) is 104 Å². The highest BCUT2D eigenvalue weighted by atomic mass is 16.3. The Bertz CT molecular complexity index is 183. The van der Waals surface area contributed by atoms with Crippen LogP contribution >= 0.6 is 0 Å². The van der Waals surface area contributed by atoms with Crippen LogP contribution in [-0.4, -0.2) is 33.6 Å². The minimum absolute atomic E-state index is 0.230. The second kappa shape index (κ2) is 11.7. The van der Waals surface area contributed by atoms with Crippen LogP contribution in [0, 0.1) is 0 Å². The van der Waals surface area contributed by atoms with Crippen molar-refractivity contribution in [1.82, 2.24) is 4.90 Å². The molecular formula is C16H35NO2. The normalized spacial score (nSPS) is 16.6. The highest BCUT2D eigenvalue weighted by Gasteiger charge is 2.26. The van der Waals surface area contributed by atoms with Gasteiger partial charge in [-0.3, -0.25) is 4.90 Å². The predicted octanol–water partition coefficient (Wildman–Crippen LogP) is 3.88. The zero-order chi connectivity index (χ0) is 14.7. The summed E-state index contributed by atoms with van der Waals surface area (Å²) in [5.74, 6) is 0. The van der Waals surface area contributed by atoms with Gasteiger partial charge in [0.1, 0.15) is 12.5 Å². The van der Waals surface area contributed by atoms with Gasteiger partial charge in [-0.25, -0.2) is 0 Å². The summed E-state index contributed by atoms with van der Waals surface area (Å²) in [5, 5.41) is 20.7. The molecule has 0 aliphatic carbocycles. The third-order valence-electron chi connectivity index (χ3n) is 3.92. The Balaban J connectivity index is 4.34. The summed E-state index contributed by atoms with van der Waals surface area (Å²) in [6.07, 6.45) is 8.18. The second-order valence-corrected chi connectivity index (χ2v) is 5.66. The van der Waals surface area contributed by atoms with Crippen LogP contribution in [0.25, 0.3) is 0 Å². The Morgan fingerprint density at radius 2 is 1.21 bits per heavy atom. The Hall–Kier alpha value is -0.120. The van der Waals surface area contributed by atoms with Gasteiger partial charge in [-0.05, 0) is 39.0 Å². The van der Waals surface area contributed by atoms with Gasteiger partial charge in [0.2, 0.25) is 0 Å². The smallest absolute Gasteiger partial charge is 0.109 e. The Labute approximate surface area is 120 Å². The number of nitrogens with zero attached hydrogens (tertiary/aromatic N) is 1. The molecule has 3 nitrogen and oxygen atoms in total. The molecule has 3 heteroatoms. The fourth-order valence-corrected chi connectivity index (χ4v) is 2.45. The SMILES string of the molecule is CCCCCC(O)N(C(C)CC)C(O)CCCCC. The molecule has 0 aliphatic heterocycles. The molecule has 0 bridgehead atoms. The zero-order valence-corrected chi connectivity index (χ0v) is 13.4. The van der Waals surface area contributed by atoms with Gasteiger partial charge >= 0.3 is 0 Å². The average Bonchev–Trinajstić information content (AvgIpc) is 2.39. The van der Waals surface area contributed by atoms with E-state index in [1.165, 1.54) is 0 Å². The topological polar surface area (TPSA) is 43.7 Å². The molecule has 2 N–H and O–H groups in total. The first kappa shape index (κ1) is 18.9. The highest BCUT2D eigenvalue weighted by molar-refractivity contribution is 4.72. The summed E-state index contributed by atoms with van der Waals surface area (Å²) >= 11 is 0. The van der Waals surface area contributed by atoms with Crippen LogP contribution in [0.3, 0.4) is 0 Å². The van der Waals surface area contributed by atoms with E-state index >= 15 is 0 Å². The molecule has 0 spiro atoms. The van der Waals surface area contributed by atoms with Crippen LogP contribution in [-0.2, 0) is 0 Å². The molecule has 116 valence electrons. The fraction of sp³-hybridized carbons (Fsp3) is 1.00. The maximum Gasteiger partial charge on any atom is 0.109 e. The van der Waals surface area contributed by atoms with E-state index in [4.69, 9.17) is 0 Å². The third-order valence-corrected chi connectivity index (χ3v) is 3.92. The highest BCUT2D eigenvalue weighted by Crippen LogP contribution is 2.19. The summed E-state index contributed by atoms with van der Waals surface area (Å²) in [5.41, 5.74) is 0. The maximum absolute atomic E-state index is 10.3. The van der Waals surface area contributed by atoms with E-state index in [9.17, 15) is 10.2 Å². The number of hydrogen-bond donors (Lipinski definition) is 2. The molecule has 0 fully saturated rings. The maximum atomic E-state index is 10.3. The van der Waals surface area contributed by atoms with E-state index in [0.717, 1.165) is 57.8 Å². The molecule has 0 saturated carbocycles. The van der Waals surface area contributed by atoms with Crippen LogP contribution in [0.5, 0.6) is 0 Å². The molecule has 3 atom stereocenters. The quantitative estimate of drug-likeness (QED) is 0.419. The number of unbranched alkanes of at least 4 members (excludes halogenated alkanes) is 4. The fourth-order valence-electron chi connectivity index (χ4n) is 2.45. The van der Waals surface area contributed by atoms with Crippen molar-refractivity contribution in [3.63, 3.8) is 0 Å². The van der Waals surface area contributed by atoms with E-state index in [1.807, 2.05) is 4.90 Å². The van der Waals surface area contributed by atoms with Crippen molar-refractivity contribution in [3.05, 3.63) is 0 Å². The zero-order valence-electron chi connectivity index (χ0n) is 13.4. The number of rotatable bonds is 12. The molecule has 0 saturated heterocycles. The first-order valence-corrected chi connectivity index (χ1v) is 8.21. The van der Waals surface area contributed by atoms with Gasteiger partial charge in [0.25, 0.3) is 0 Å². The van der Waals surface area contributed by atoms with Crippen molar-refractivity contribution in [2.24, 2.45) is 0 Å². The largest absolute Gasteiger partial charge is 0.378 e. The Morgan fingerprint density at radius 1 is 0.789 bits per heavy atom. The minimum Gasteiger partial charge on any atom is -0.378 e. The van der Waals surface area contributed by atoms with Gasteiger partial charge in [-0.15, -0.1) is 0 Å². The summed E-state index contributed by atoms with van der Waals surface area (Å²) in [7, 11) is 0. The summed E-state index contributed by atoms with van der Waals surface area (Å²) in [6, 6.07) is 0.230. The monoisotopic (exact) mass is 273 g/mol. The molecule has 0 aliphatic rings. The number of aliphatic hydroxyl groups excluding tert-OH is 2. The molecule has 0 aromatic carbocycles. The van der Waals surface area contributed by atoms with Crippen molar-refractivity contribution in [1.29, 1.82) is 0 Å². The van der Waals surface area contributed by atoms with E-state index < -0.39 is 12.5 Å². The van der Waals surface area contributed by atoms with Crippen LogP contribution in [0.15, 0.2) is 0 Å². The lowest BCUT2D eigenvalue weighted by atomic mass is 10.1. The van der Waals surface area contributed by atoms with Gasteiger partial charge in [-0.2, -0.15) is 0 Å². The molecule has 0 heterocycles. The van der Waals surface area contributed by atoms with Gasteiger partial charge in [-0.1, -0.05) is 46.5 Å². The molecule has 0 amide bonds. The van der Waals surface area contributed by atoms with Gasteiger partial charge in [0.15, 0.2) is 0 Å². The first-order valence-electron chi connectivity index (χ1n) is 8.21. The van der Waals surface area contributed by atoms with Crippen molar-refractivity contribution in [2.75, 3.05) is 0 Å². The lowest BCUT2D eigenvalue weighted by Gasteiger charge is -2.37. The molecular weight excluding hydrogens is 238 g/mol. The Morgan fingerprint density at radius 3 is 1.53 bits per heavy atom. The van der Waals surface area contributed by atoms with Crippen LogP contribution in [0.1, 0.15) is 85.5 Å². The average molecular weight is 273 g/mol.